The number of allylic oxidation sites excluding steroid dienone is 1. The predicted octanol–water partition coefficient (Wildman–Crippen LogP) is 2.52. The SMILES string of the molecule is CC=CCC1CCCCO1. The van der Waals surface area contributed by atoms with Crippen molar-refractivity contribution >= 4 is 0 Å². The molecule has 1 heterocycles. The van der Waals surface area contributed by atoms with Crippen LogP contribution in [0.25, 0.3) is 0 Å². The lowest BCUT2D eigenvalue weighted by Crippen LogP contribution is -2.17. The average Bonchev–Trinajstić information content (AvgIpc) is 2.03. The Kier molecular flexibility index (Phi) is 3.52. The molecule has 1 nitrogen and oxygen atoms in total. The highest BCUT2D eigenvalue weighted by Gasteiger charge is 2.10. The molecule has 0 saturated carbocycles. The standard InChI is InChI=1S/C9H16O/c1-2-3-6-9-7-4-5-8-10-9/h2-3,9H,4-8H2,1H3. The van der Waals surface area contributed by atoms with E-state index in [1.807, 2.05) is 0 Å². The van der Waals surface area contributed by atoms with Crippen molar-refractivity contribution in [2.75, 3.05) is 6.61 Å². The van der Waals surface area contributed by atoms with Gasteiger partial charge in [0.1, 0.15) is 0 Å². The van der Waals surface area contributed by atoms with Crippen LogP contribution in [0, 0.1) is 0 Å². The minimum Gasteiger partial charge on any atom is -0.378 e. The molecule has 1 aliphatic heterocycles. The summed E-state index contributed by atoms with van der Waals surface area (Å²) < 4.78 is 5.53. The average molecular weight is 140 g/mol. The van der Waals surface area contributed by atoms with Crippen molar-refractivity contribution in [3.8, 4) is 0 Å². The monoisotopic (exact) mass is 140 g/mol. The van der Waals surface area contributed by atoms with Gasteiger partial charge in [-0.3, -0.25) is 0 Å². The first kappa shape index (κ1) is 7.80. The number of hydrogen-bond donors (Lipinski definition) is 0. The molecule has 0 aromatic carbocycles. The van der Waals surface area contributed by atoms with E-state index in [0.29, 0.717) is 6.10 Å². The van der Waals surface area contributed by atoms with E-state index in [4.69, 9.17) is 4.74 Å². The van der Waals surface area contributed by atoms with Crippen LogP contribution in [0.3, 0.4) is 0 Å². The molecule has 0 radical (unpaired) electrons. The summed E-state index contributed by atoms with van der Waals surface area (Å²) in [6, 6.07) is 0. The van der Waals surface area contributed by atoms with E-state index in [2.05, 4.69) is 19.1 Å². The van der Waals surface area contributed by atoms with E-state index in [1.165, 1.54) is 19.3 Å². The van der Waals surface area contributed by atoms with Gasteiger partial charge in [0, 0.05) is 6.61 Å². The molecule has 0 aromatic heterocycles. The van der Waals surface area contributed by atoms with Gasteiger partial charge >= 0.3 is 0 Å². The van der Waals surface area contributed by atoms with Crippen molar-refractivity contribution in [2.24, 2.45) is 0 Å². The zero-order valence-corrected chi connectivity index (χ0v) is 6.68. The molecule has 1 unspecified atom stereocenters. The molecule has 0 aromatic rings. The highest BCUT2D eigenvalue weighted by atomic mass is 16.5. The molecular formula is C9H16O. The number of rotatable bonds is 2. The fourth-order valence-corrected chi connectivity index (χ4v) is 1.28. The Bertz CT molecular complexity index is 101. The third kappa shape index (κ3) is 2.53. The van der Waals surface area contributed by atoms with Gasteiger partial charge in [0.15, 0.2) is 0 Å². The highest BCUT2D eigenvalue weighted by Crippen LogP contribution is 2.15. The predicted molar refractivity (Wildman–Crippen MR) is 43.0 cm³/mol. The van der Waals surface area contributed by atoms with Crippen LogP contribution < -0.4 is 0 Å². The first-order valence-electron chi connectivity index (χ1n) is 4.16. The van der Waals surface area contributed by atoms with Crippen LogP contribution in [0.15, 0.2) is 12.2 Å². The third-order valence-corrected chi connectivity index (χ3v) is 1.91. The van der Waals surface area contributed by atoms with Crippen LogP contribution >= 0.6 is 0 Å². The van der Waals surface area contributed by atoms with Crippen molar-refractivity contribution in [3.63, 3.8) is 0 Å². The van der Waals surface area contributed by atoms with Crippen LogP contribution in [-0.2, 0) is 4.74 Å². The van der Waals surface area contributed by atoms with Gasteiger partial charge in [0.05, 0.1) is 6.10 Å². The summed E-state index contributed by atoms with van der Waals surface area (Å²) in [5.74, 6) is 0. The Morgan fingerprint density at radius 2 is 2.40 bits per heavy atom. The second-order valence-corrected chi connectivity index (χ2v) is 2.79. The molecule has 1 aliphatic rings. The maximum atomic E-state index is 5.53. The summed E-state index contributed by atoms with van der Waals surface area (Å²) in [5, 5.41) is 0. The Balaban J connectivity index is 2.13. The highest BCUT2D eigenvalue weighted by molar-refractivity contribution is 4.81. The summed E-state index contributed by atoms with van der Waals surface area (Å²) in [4.78, 5) is 0. The second kappa shape index (κ2) is 4.51. The molecule has 0 amide bonds. The van der Waals surface area contributed by atoms with E-state index in [9.17, 15) is 0 Å². The Labute approximate surface area is 63.1 Å². The molecule has 0 spiro atoms. The van der Waals surface area contributed by atoms with Gasteiger partial charge in [0.2, 0.25) is 0 Å². The summed E-state index contributed by atoms with van der Waals surface area (Å²) in [7, 11) is 0. The van der Waals surface area contributed by atoms with Gasteiger partial charge in [-0.2, -0.15) is 0 Å². The van der Waals surface area contributed by atoms with Gasteiger partial charge in [-0.1, -0.05) is 12.2 Å². The minimum absolute atomic E-state index is 0.518. The van der Waals surface area contributed by atoms with E-state index < -0.39 is 0 Å². The first-order valence-corrected chi connectivity index (χ1v) is 4.16. The summed E-state index contributed by atoms with van der Waals surface area (Å²) in [6.45, 7) is 3.03. The Morgan fingerprint density at radius 1 is 1.50 bits per heavy atom. The Morgan fingerprint density at radius 3 is 3.00 bits per heavy atom. The molecule has 1 heteroatoms. The fourth-order valence-electron chi connectivity index (χ4n) is 1.28. The van der Waals surface area contributed by atoms with Crippen molar-refractivity contribution in [1.29, 1.82) is 0 Å². The maximum absolute atomic E-state index is 5.53. The van der Waals surface area contributed by atoms with Crippen molar-refractivity contribution in [2.45, 2.75) is 38.7 Å². The van der Waals surface area contributed by atoms with E-state index >= 15 is 0 Å². The molecular weight excluding hydrogens is 124 g/mol. The van der Waals surface area contributed by atoms with Crippen LogP contribution in [0.1, 0.15) is 32.6 Å². The van der Waals surface area contributed by atoms with Crippen LogP contribution in [0.2, 0.25) is 0 Å². The largest absolute Gasteiger partial charge is 0.378 e. The zero-order valence-electron chi connectivity index (χ0n) is 6.68. The Hall–Kier alpha value is -0.300. The van der Waals surface area contributed by atoms with E-state index in [-0.39, 0.29) is 0 Å². The molecule has 58 valence electrons. The molecule has 1 atom stereocenters. The normalized spacial score (nSPS) is 27.5. The lowest BCUT2D eigenvalue weighted by Gasteiger charge is -2.20. The van der Waals surface area contributed by atoms with Crippen LogP contribution in [-0.4, -0.2) is 12.7 Å². The molecule has 0 N–H and O–H groups in total. The summed E-state index contributed by atoms with van der Waals surface area (Å²) >= 11 is 0. The lowest BCUT2D eigenvalue weighted by atomic mass is 10.1. The summed E-state index contributed by atoms with van der Waals surface area (Å²) in [6.07, 6.45) is 9.77. The van der Waals surface area contributed by atoms with Gasteiger partial charge in [0.25, 0.3) is 0 Å². The van der Waals surface area contributed by atoms with Crippen LogP contribution in [0.5, 0.6) is 0 Å². The maximum Gasteiger partial charge on any atom is 0.0609 e. The van der Waals surface area contributed by atoms with E-state index in [0.717, 1.165) is 13.0 Å². The molecule has 1 saturated heterocycles. The van der Waals surface area contributed by atoms with Crippen LogP contribution in [0.4, 0.5) is 0 Å². The number of hydrogen-bond acceptors (Lipinski definition) is 1. The lowest BCUT2D eigenvalue weighted by molar-refractivity contribution is 0.0184. The first-order chi connectivity index (χ1) is 4.93. The zero-order chi connectivity index (χ0) is 7.23. The number of ether oxygens (including phenoxy) is 1. The second-order valence-electron chi connectivity index (χ2n) is 2.79. The third-order valence-electron chi connectivity index (χ3n) is 1.91. The van der Waals surface area contributed by atoms with Crippen molar-refractivity contribution in [1.82, 2.24) is 0 Å². The fraction of sp³-hybridized carbons (Fsp3) is 0.778. The quantitative estimate of drug-likeness (QED) is 0.535. The van der Waals surface area contributed by atoms with Gasteiger partial charge in [-0.15, -0.1) is 0 Å². The van der Waals surface area contributed by atoms with Crippen molar-refractivity contribution in [3.05, 3.63) is 12.2 Å². The molecule has 1 fully saturated rings. The molecule has 0 aliphatic carbocycles. The molecule has 0 bridgehead atoms. The minimum atomic E-state index is 0.518. The van der Waals surface area contributed by atoms with Gasteiger partial charge in [-0.25, -0.2) is 0 Å². The van der Waals surface area contributed by atoms with Gasteiger partial charge < -0.3 is 4.74 Å². The van der Waals surface area contributed by atoms with E-state index in [1.54, 1.807) is 0 Å². The topological polar surface area (TPSA) is 9.23 Å². The van der Waals surface area contributed by atoms with Gasteiger partial charge in [-0.05, 0) is 32.6 Å². The smallest absolute Gasteiger partial charge is 0.0609 e. The molecule has 10 heavy (non-hydrogen) atoms. The summed E-state index contributed by atoms with van der Waals surface area (Å²) in [5.41, 5.74) is 0. The van der Waals surface area contributed by atoms with Crippen molar-refractivity contribution < 1.29 is 4.74 Å². The molecule has 1 rings (SSSR count).